The molecule has 1 rings (SSSR count). The van der Waals surface area contributed by atoms with Crippen molar-refractivity contribution in [3.63, 3.8) is 0 Å². The number of phenols is 2. The first-order valence-electron chi connectivity index (χ1n) is 6.37. The minimum Gasteiger partial charge on any atom is -0.508 e. The molecule has 3 nitrogen and oxygen atoms in total. The number of hydrogen-bond donors (Lipinski definition) is 3. The fourth-order valence-corrected chi connectivity index (χ4v) is 1.68. The summed E-state index contributed by atoms with van der Waals surface area (Å²) < 4.78 is 0. The molecule has 3 heteroatoms. The fourth-order valence-electron chi connectivity index (χ4n) is 1.68. The van der Waals surface area contributed by atoms with E-state index in [0.717, 1.165) is 6.42 Å². The molecule has 0 radical (unpaired) electrons. The fraction of sp³-hybridized carbons (Fsp3) is 0.375. The van der Waals surface area contributed by atoms with E-state index in [-0.39, 0.29) is 11.5 Å². The number of hydrogen-bond acceptors (Lipinski definition) is 3. The second-order valence-corrected chi connectivity index (χ2v) is 5.25. The molecule has 0 heterocycles. The zero-order chi connectivity index (χ0) is 14.5. The van der Waals surface area contributed by atoms with Gasteiger partial charge in [0.25, 0.3) is 0 Å². The number of benzene rings is 1. The second-order valence-electron chi connectivity index (χ2n) is 5.25. The molecular formula is C16H22O3. The lowest BCUT2D eigenvalue weighted by Crippen LogP contribution is -2.19. The van der Waals surface area contributed by atoms with Crippen LogP contribution in [0.3, 0.4) is 0 Å². The number of phenolic OH excluding ortho intramolecular Hbond substituents is 2. The summed E-state index contributed by atoms with van der Waals surface area (Å²) in [6, 6.07) is 4.30. The van der Waals surface area contributed by atoms with Crippen molar-refractivity contribution in [2.45, 2.75) is 39.2 Å². The van der Waals surface area contributed by atoms with Gasteiger partial charge in [-0.25, -0.2) is 0 Å². The lowest BCUT2D eigenvalue weighted by molar-refractivity contribution is 0.104. The maximum Gasteiger partial charge on any atom is 0.123 e. The van der Waals surface area contributed by atoms with E-state index in [2.05, 4.69) is 6.08 Å². The summed E-state index contributed by atoms with van der Waals surface area (Å²) in [7, 11) is 0. The first-order chi connectivity index (χ1) is 8.80. The molecule has 0 aromatic heterocycles. The van der Waals surface area contributed by atoms with Crippen LogP contribution in [-0.4, -0.2) is 20.9 Å². The Balaban J connectivity index is 2.73. The van der Waals surface area contributed by atoms with Gasteiger partial charge in [0.05, 0.1) is 5.60 Å². The van der Waals surface area contributed by atoms with Crippen molar-refractivity contribution < 1.29 is 15.3 Å². The van der Waals surface area contributed by atoms with Crippen LogP contribution >= 0.6 is 0 Å². The minimum absolute atomic E-state index is 0.0779. The maximum absolute atomic E-state index is 10.2. The summed E-state index contributed by atoms with van der Waals surface area (Å²) in [5.74, 6) is 0.163. The largest absolute Gasteiger partial charge is 0.508 e. The third-order valence-corrected chi connectivity index (χ3v) is 2.84. The van der Waals surface area contributed by atoms with Crippen LogP contribution in [0.1, 0.15) is 39.2 Å². The minimum atomic E-state index is -0.941. The molecule has 3 N–H and O–H groups in total. The van der Waals surface area contributed by atoms with Crippen molar-refractivity contribution in [1.29, 1.82) is 0 Å². The van der Waals surface area contributed by atoms with Crippen LogP contribution in [0, 0.1) is 0 Å². The summed E-state index contributed by atoms with van der Waals surface area (Å²) >= 11 is 0. The quantitative estimate of drug-likeness (QED) is 0.561. The molecule has 0 aliphatic rings. The standard InChI is InChI=1S/C16H22O3/c1-12(2)5-4-9-16(3,19)10-8-13-11-14(17)6-7-15(13)18/h5-8,10-11,17-19H,4,9H2,1-3H3/b10-8-. The van der Waals surface area contributed by atoms with Gasteiger partial charge in [-0.05, 0) is 51.8 Å². The molecule has 1 aromatic rings. The van der Waals surface area contributed by atoms with Crippen molar-refractivity contribution in [1.82, 2.24) is 0 Å². The van der Waals surface area contributed by atoms with Gasteiger partial charge in [0.15, 0.2) is 0 Å². The Morgan fingerprint density at radius 1 is 1.26 bits per heavy atom. The van der Waals surface area contributed by atoms with E-state index in [0.29, 0.717) is 12.0 Å². The number of aromatic hydroxyl groups is 2. The summed E-state index contributed by atoms with van der Waals surface area (Å²) in [5.41, 5.74) is 0.775. The molecule has 0 amide bonds. The van der Waals surface area contributed by atoms with Crippen molar-refractivity contribution in [2.24, 2.45) is 0 Å². The van der Waals surface area contributed by atoms with Crippen LogP contribution in [0.2, 0.25) is 0 Å². The SMILES string of the molecule is CC(C)=CCCC(C)(O)/C=C\c1cc(O)ccc1O. The molecule has 0 aliphatic heterocycles. The average molecular weight is 262 g/mol. The molecule has 0 saturated heterocycles. The predicted molar refractivity (Wildman–Crippen MR) is 78.1 cm³/mol. The van der Waals surface area contributed by atoms with Crippen molar-refractivity contribution in [2.75, 3.05) is 0 Å². The highest BCUT2D eigenvalue weighted by Gasteiger charge is 2.15. The Hall–Kier alpha value is -1.74. The van der Waals surface area contributed by atoms with Gasteiger partial charge in [0.1, 0.15) is 11.5 Å². The molecule has 1 aromatic carbocycles. The van der Waals surface area contributed by atoms with Crippen LogP contribution in [0.4, 0.5) is 0 Å². The summed E-state index contributed by atoms with van der Waals surface area (Å²) in [6.07, 6.45) is 6.74. The Bertz CT molecular complexity index is 481. The van der Waals surface area contributed by atoms with Gasteiger partial charge in [-0.1, -0.05) is 23.8 Å². The lowest BCUT2D eigenvalue weighted by atomic mass is 9.97. The number of rotatable bonds is 5. The van der Waals surface area contributed by atoms with Gasteiger partial charge in [-0.2, -0.15) is 0 Å². The first-order valence-corrected chi connectivity index (χ1v) is 6.37. The number of aliphatic hydroxyl groups is 1. The molecule has 0 bridgehead atoms. The molecular weight excluding hydrogens is 240 g/mol. The summed E-state index contributed by atoms with van der Waals surface area (Å²) in [6.45, 7) is 5.77. The Morgan fingerprint density at radius 3 is 2.58 bits per heavy atom. The van der Waals surface area contributed by atoms with Crippen LogP contribution in [0.25, 0.3) is 6.08 Å². The zero-order valence-electron chi connectivity index (χ0n) is 11.7. The van der Waals surface area contributed by atoms with Gasteiger partial charge < -0.3 is 15.3 Å². The van der Waals surface area contributed by atoms with Gasteiger partial charge >= 0.3 is 0 Å². The Morgan fingerprint density at radius 2 is 1.95 bits per heavy atom. The van der Waals surface area contributed by atoms with Crippen LogP contribution in [-0.2, 0) is 0 Å². The smallest absolute Gasteiger partial charge is 0.123 e. The third kappa shape index (κ3) is 5.62. The van der Waals surface area contributed by atoms with Crippen LogP contribution in [0.5, 0.6) is 11.5 Å². The van der Waals surface area contributed by atoms with Crippen molar-refractivity contribution in [3.8, 4) is 11.5 Å². The van der Waals surface area contributed by atoms with Gasteiger partial charge in [-0.3, -0.25) is 0 Å². The molecule has 0 spiro atoms. The normalized spacial score (nSPS) is 14.3. The topological polar surface area (TPSA) is 60.7 Å². The zero-order valence-corrected chi connectivity index (χ0v) is 11.7. The summed E-state index contributed by atoms with van der Waals surface area (Å²) in [4.78, 5) is 0. The highest BCUT2D eigenvalue weighted by molar-refractivity contribution is 5.59. The number of allylic oxidation sites excluding steroid dienone is 2. The lowest BCUT2D eigenvalue weighted by Gasteiger charge is -2.18. The molecule has 104 valence electrons. The third-order valence-electron chi connectivity index (χ3n) is 2.84. The summed E-state index contributed by atoms with van der Waals surface area (Å²) in [5, 5.41) is 29.2. The van der Waals surface area contributed by atoms with Gasteiger partial charge in [0, 0.05) is 5.56 Å². The van der Waals surface area contributed by atoms with E-state index >= 15 is 0 Å². The van der Waals surface area contributed by atoms with E-state index in [9.17, 15) is 15.3 Å². The molecule has 0 saturated carbocycles. The highest BCUT2D eigenvalue weighted by atomic mass is 16.3. The predicted octanol–water partition coefficient (Wildman–Crippen LogP) is 3.61. The molecule has 0 fully saturated rings. The molecule has 19 heavy (non-hydrogen) atoms. The molecule has 1 unspecified atom stereocenters. The van der Waals surface area contributed by atoms with Crippen LogP contribution in [0.15, 0.2) is 35.9 Å². The van der Waals surface area contributed by atoms with E-state index in [4.69, 9.17) is 0 Å². The highest BCUT2D eigenvalue weighted by Crippen LogP contribution is 2.25. The Labute approximate surface area is 114 Å². The van der Waals surface area contributed by atoms with Gasteiger partial charge in [0.2, 0.25) is 0 Å². The monoisotopic (exact) mass is 262 g/mol. The average Bonchev–Trinajstić information content (AvgIpc) is 2.30. The van der Waals surface area contributed by atoms with Gasteiger partial charge in [-0.15, -0.1) is 0 Å². The van der Waals surface area contributed by atoms with Crippen LogP contribution < -0.4 is 0 Å². The Kier molecular flexibility index (Phi) is 5.19. The van der Waals surface area contributed by atoms with Crippen molar-refractivity contribution >= 4 is 6.08 Å². The molecule has 0 aliphatic carbocycles. The van der Waals surface area contributed by atoms with E-state index in [1.165, 1.54) is 23.8 Å². The maximum atomic E-state index is 10.2. The first kappa shape index (κ1) is 15.3. The second kappa shape index (κ2) is 6.43. The van der Waals surface area contributed by atoms with E-state index in [1.807, 2.05) is 13.8 Å². The van der Waals surface area contributed by atoms with E-state index < -0.39 is 5.60 Å². The van der Waals surface area contributed by atoms with E-state index in [1.54, 1.807) is 19.1 Å². The molecule has 1 atom stereocenters. The van der Waals surface area contributed by atoms with Crippen molar-refractivity contribution in [3.05, 3.63) is 41.5 Å².